The van der Waals surface area contributed by atoms with Crippen molar-refractivity contribution in [3.63, 3.8) is 0 Å². The molecule has 1 atom stereocenters. The van der Waals surface area contributed by atoms with Gasteiger partial charge in [0.1, 0.15) is 11.8 Å². The summed E-state index contributed by atoms with van der Waals surface area (Å²) in [6.07, 6.45) is 4.81. The minimum atomic E-state index is -0.0133. The lowest BCUT2D eigenvalue weighted by atomic mass is 10.0. The number of methoxy groups -OCH3 is 1. The fourth-order valence-electron chi connectivity index (χ4n) is 5.20. The molecule has 1 aromatic heterocycles. The predicted octanol–water partition coefficient (Wildman–Crippen LogP) is 3.70. The van der Waals surface area contributed by atoms with Gasteiger partial charge in [0.2, 0.25) is 0 Å². The number of ether oxygens (including phenoxy) is 1. The second-order valence-electron chi connectivity index (χ2n) is 8.86. The van der Waals surface area contributed by atoms with Crippen molar-refractivity contribution in [2.75, 3.05) is 33.3 Å². The number of rotatable bonds is 7. The van der Waals surface area contributed by atoms with Gasteiger partial charge in [0, 0.05) is 38.3 Å². The van der Waals surface area contributed by atoms with Crippen LogP contribution < -0.4 is 4.74 Å². The summed E-state index contributed by atoms with van der Waals surface area (Å²) in [4.78, 5) is 5.06. The molecule has 5 rings (SSSR count). The zero-order chi connectivity index (χ0) is 21.8. The molecule has 7 nitrogen and oxygen atoms in total. The summed E-state index contributed by atoms with van der Waals surface area (Å²) in [5.41, 5.74) is 2.51. The van der Waals surface area contributed by atoms with Gasteiger partial charge in [-0.3, -0.25) is 9.80 Å². The molecule has 0 radical (unpaired) electrons. The van der Waals surface area contributed by atoms with E-state index in [-0.39, 0.29) is 6.04 Å². The SMILES string of the molecule is COc1ccccc1[C@H](c1nnnn1C1CCCC1)N1CCN(Cc2ccccc2)CC1. The van der Waals surface area contributed by atoms with Gasteiger partial charge in [0.15, 0.2) is 5.82 Å². The van der Waals surface area contributed by atoms with Crippen molar-refractivity contribution in [1.29, 1.82) is 0 Å². The average Bonchev–Trinajstić information content (AvgIpc) is 3.54. The van der Waals surface area contributed by atoms with Crippen molar-refractivity contribution < 1.29 is 4.74 Å². The fraction of sp³-hybridized carbons (Fsp3) is 0.480. The van der Waals surface area contributed by atoms with E-state index in [4.69, 9.17) is 4.74 Å². The van der Waals surface area contributed by atoms with Crippen molar-refractivity contribution in [3.05, 3.63) is 71.5 Å². The molecular weight excluding hydrogens is 400 g/mol. The van der Waals surface area contributed by atoms with Crippen LogP contribution >= 0.6 is 0 Å². The van der Waals surface area contributed by atoms with E-state index in [1.54, 1.807) is 7.11 Å². The smallest absolute Gasteiger partial charge is 0.173 e. The van der Waals surface area contributed by atoms with Crippen LogP contribution in [0, 0.1) is 0 Å². The highest BCUT2D eigenvalue weighted by molar-refractivity contribution is 5.39. The standard InChI is InChI=1S/C25H32N6O/c1-32-23-14-8-7-13-22(23)24(25-26-27-28-31(25)21-11-5-6-12-21)30-17-15-29(16-18-30)19-20-9-3-2-4-10-20/h2-4,7-10,13-14,21,24H,5-6,11-12,15-19H2,1H3/t24-/m1/s1. The highest BCUT2D eigenvalue weighted by Gasteiger charge is 2.34. The van der Waals surface area contributed by atoms with E-state index in [1.807, 2.05) is 12.1 Å². The molecule has 2 aliphatic rings. The Morgan fingerprint density at radius 3 is 2.41 bits per heavy atom. The van der Waals surface area contributed by atoms with Crippen LogP contribution in [0.25, 0.3) is 0 Å². The molecule has 0 N–H and O–H groups in total. The summed E-state index contributed by atoms with van der Waals surface area (Å²) in [5.74, 6) is 1.84. The molecule has 1 aliphatic carbocycles. The van der Waals surface area contributed by atoms with Gasteiger partial charge in [-0.25, -0.2) is 4.68 Å². The molecule has 3 aromatic rings. The Morgan fingerprint density at radius 1 is 0.938 bits per heavy atom. The van der Waals surface area contributed by atoms with E-state index in [1.165, 1.54) is 18.4 Å². The molecule has 0 bridgehead atoms. The second kappa shape index (κ2) is 9.79. The summed E-state index contributed by atoms with van der Waals surface area (Å²) >= 11 is 0. The number of nitrogens with zero attached hydrogens (tertiary/aromatic N) is 6. The topological polar surface area (TPSA) is 59.3 Å². The van der Waals surface area contributed by atoms with Crippen molar-refractivity contribution >= 4 is 0 Å². The number of aromatic nitrogens is 4. The molecule has 32 heavy (non-hydrogen) atoms. The molecule has 1 saturated heterocycles. The summed E-state index contributed by atoms with van der Waals surface area (Å²) in [6.45, 7) is 4.96. The molecule has 168 valence electrons. The highest BCUT2D eigenvalue weighted by Crippen LogP contribution is 2.37. The van der Waals surface area contributed by atoms with Gasteiger partial charge in [-0.15, -0.1) is 5.10 Å². The molecule has 2 fully saturated rings. The summed E-state index contributed by atoms with van der Waals surface area (Å²) < 4.78 is 7.86. The lowest BCUT2D eigenvalue weighted by molar-refractivity contribution is 0.0983. The molecule has 2 heterocycles. The first-order chi connectivity index (χ1) is 15.8. The van der Waals surface area contributed by atoms with Gasteiger partial charge in [0.05, 0.1) is 13.2 Å². The minimum absolute atomic E-state index is 0.0133. The van der Waals surface area contributed by atoms with E-state index < -0.39 is 0 Å². The maximum Gasteiger partial charge on any atom is 0.173 e. The molecule has 7 heteroatoms. The van der Waals surface area contributed by atoms with E-state index in [2.05, 4.69) is 72.5 Å². The maximum atomic E-state index is 5.77. The van der Waals surface area contributed by atoms with Crippen molar-refractivity contribution in [2.45, 2.75) is 44.3 Å². The van der Waals surface area contributed by atoms with Crippen LogP contribution in [0.5, 0.6) is 5.75 Å². The van der Waals surface area contributed by atoms with Gasteiger partial charge in [0.25, 0.3) is 0 Å². The Hall–Kier alpha value is -2.77. The molecule has 0 unspecified atom stereocenters. The number of para-hydroxylation sites is 1. The Labute approximate surface area is 190 Å². The number of hydrogen-bond donors (Lipinski definition) is 0. The number of benzene rings is 2. The van der Waals surface area contributed by atoms with E-state index in [0.29, 0.717) is 6.04 Å². The Bertz CT molecular complexity index is 992. The third kappa shape index (κ3) is 4.40. The normalized spacial score (nSPS) is 19.3. The Balaban J connectivity index is 1.41. The molecule has 2 aromatic carbocycles. The van der Waals surface area contributed by atoms with E-state index in [0.717, 1.165) is 62.7 Å². The van der Waals surface area contributed by atoms with Crippen LogP contribution in [0.4, 0.5) is 0 Å². The first-order valence-electron chi connectivity index (χ1n) is 11.7. The largest absolute Gasteiger partial charge is 0.496 e. The second-order valence-corrected chi connectivity index (χ2v) is 8.86. The van der Waals surface area contributed by atoms with Crippen LogP contribution in [0.3, 0.4) is 0 Å². The van der Waals surface area contributed by atoms with Crippen molar-refractivity contribution in [2.24, 2.45) is 0 Å². The van der Waals surface area contributed by atoms with Crippen molar-refractivity contribution in [1.82, 2.24) is 30.0 Å². The highest BCUT2D eigenvalue weighted by atomic mass is 16.5. The summed E-state index contributed by atoms with van der Waals surface area (Å²) in [7, 11) is 1.74. The molecule has 0 amide bonds. The van der Waals surface area contributed by atoms with Crippen molar-refractivity contribution in [3.8, 4) is 5.75 Å². The fourth-order valence-corrected chi connectivity index (χ4v) is 5.20. The number of hydrogen-bond acceptors (Lipinski definition) is 6. The zero-order valence-corrected chi connectivity index (χ0v) is 18.8. The average molecular weight is 433 g/mol. The van der Waals surface area contributed by atoms with Crippen LogP contribution in [-0.4, -0.2) is 63.3 Å². The van der Waals surface area contributed by atoms with Gasteiger partial charge in [-0.05, 0) is 34.9 Å². The molecule has 1 saturated carbocycles. The van der Waals surface area contributed by atoms with Gasteiger partial charge in [-0.1, -0.05) is 61.4 Å². The summed E-state index contributed by atoms with van der Waals surface area (Å²) in [5, 5.41) is 13.1. The van der Waals surface area contributed by atoms with Crippen LogP contribution in [-0.2, 0) is 6.54 Å². The lowest BCUT2D eigenvalue weighted by Gasteiger charge is -2.39. The van der Waals surface area contributed by atoms with Gasteiger partial charge >= 0.3 is 0 Å². The first kappa shape index (κ1) is 21.1. The third-order valence-corrected chi connectivity index (χ3v) is 6.89. The molecule has 0 spiro atoms. The summed E-state index contributed by atoms with van der Waals surface area (Å²) in [6, 6.07) is 19.4. The van der Waals surface area contributed by atoms with E-state index >= 15 is 0 Å². The first-order valence-corrected chi connectivity index (χ1v) is 11.7. The predicted molar refractivity (Wildman–Crippen MR) is 123 cm³/mol. The van der Waals surface area contributed by atoms with Crippen LogP contribution in [0.2, 0.25) is 0 Å². The van der Waals surface area contributed by atoms with E-state index in [9.17, 15) is 0 Å². The van der Waals surface area contributed by atoms with Crippen LogP contribution in [0.15, 0.2) is 54.6 Å². The molecular formula is C25H32N6O. The number of tetrazole rings is 1. The van der Waals surface area contributed by atoms with Gasteiger partial charge in [-0.2, -0.15) is 0 Å². The minimum Gasteiger partial charge on any atom is -0.496 e. The monoisotopic (exact) mass is 432 g/mol. The maximum absolute atomic E-state index is 5.77. The quantitative estimate of drug-likeness (QED) is 0.567. The molecule has 1 aliphatic heterocycles. The lowest BCUT2D eigenvalue weighted by Crippen LogP contribution is -2.48. The van der Waals surface area contributed by atoms with Crippen LogP contribution in [0.1, 0.15) is 54.7 Å². The zero-order valence-electron chi connectivity index (χ0n) is 18.8. The van der Waals surface area contributed by atoms with Gasteiger partial charge < -0.3 is 4.74 Å². The Morgan fingerprint density at radius 2 is 1.66 bits per heavy atom. The number of piperazine rings is 1. The third-order valence-electron chi connectivity index (χ3n) is 6.89. The Kier molecular flexibility index (Phi) is 6.46.